The molecule has 1 aliphatic rings. The van der Waals surface area contributed by atoms with Crippen LogP contribution in [0.4, 0.5) is 0 Å². The van der Waals surface area contributed by atoms with Gasteiger partial charge in [-0.25, -0.2) is 0 Å². The molecule has 3 nitrogen and oxygen atoms in total. The van der Waals surface area contributed by atoms with Crippen LogP contribution in [0.15, 0.2) is 29.2 Å². The smallest absolute Gasteiger partial charge is 0.241 e. The van der Waals surface area contributed by atoms with Gasteiger partial charge in [-0.2, -0.15) is 0 Å². The van der Waals surface area contributed by atoms with E-state index in [9.17, 15) is 4.79 Å². The Bertz CT molecular complexity index is 460. The van der Waals surface area contributed by atoms with Crippen LogP contribution in [-0.2, 0) is 4.79 Å². The van der Waals surface area contributed by atoms with Crippen molar-refractivity contribution >= 4 is 17.7 Å². The molecule has 1 aromatic carbocycles. The van der Waals surface area contributed by atoms with Gasteiger partial charge in [0.1, 0.15) is 6.17 Å². The number of carbonyl (C=O) groups is 1. The number of nitrogens with zero attached hydrogens (tertiary/aromatic N) is 1. The second-order valence-corrected chi connectivity index (χ2v) is 6.45. The number of benzene rings is 1. The fourth-order valence-corrected chi connectivity index (χ4v) is 2.90. The van der Waals surface area contributed by atoms with Gasteiger partial charge in [-0.15, -0.1) is 11.8 Å². The highest BCUT2D eigenvalue weighted by Crippen LogP contribution is 2.28. The first-order chi connectivity index (χ1) is 9.56. The molecule has 4 heteroatoms. The molecule has 110 valence electrons. The third-order valence-electron chi connectivity index (χ3n) is 4.01. The van der Waals surface area contributed by atoms with Crippen LogP contribution in [0.5, 0.6) is 0 Å². The van der Waals surface area contributed by atoms with Gasteiger partial charge >= 0.3 is 0 Å². The van der Waals surface area contributed by atoms with E-state index in [1.165, 1.54) is 10.5 Å². The Kier molecular flexibility index (Phi) is 5.11. The second kappa shape index (κ2) is 6.64. The van der Waals surface area contributed by atoms with E-state index in [2.05, 4.69) is 49.7 Å². The molecule has 0 saturated carbocycles. The number of rotatable bonds is 5. The molecule has 0 bridgehead atoms. The molecule has 1 aliphatic heterocycles. The molecular weight excluding hydrogens is 268 g/mol. The first-order valence-corrected chi connectivity index (χ1v) is 8.49. The molecule has 0 aliphatic carbocycles. The number of carbonyl (C=O) groups excluding carboxylic acids is 1. The van der Waals surface area contributed by atoms with Crippen molar-refractivity contribution in [2.45, 2.75) is 44.3 Å². The summed E-state index contributed by atoms with van der Waals surface area (Å²) >= 11 is 1.74. The predicted molar refractivity (Wildman–Crippen MR) is 84.7 cm³/mol. The summed E-state index contributed by atoms with van der Waals surface area (Å²) in [5, 5.41) is 3.41. The molecule has 3 unspecified atom stereocenters. The quantitative estimate of drug-likeness (QED) is 0.845. The Morgan fingerprint density at radius 3 is 2.55 bits per heavy atom. The van der Waals surface area contributed by atoms with Gasteiger partial charge in [0.15, 0.2) is 0 Å². The molecule has 3 atom stereocenters. The lowest BCUT2D eigenvalue weighted by Crippen LogP contribution is -2.34. The molecule has 1 fully saturated rings. The predicted octanol–water partition coefficient (Wildman–Crippen LogP) is 3.27. The van der Waals surface area contributed by atoms with Gasteiger partial charge in [0, 0.05) is 11.4 Å². The summed E-state index contributed by atoms with van der Waals surface area (Å²) in [4.78, 5) is 15.6. The fourth-order valence-electron chi connectivity index (χ4n) is 2.50. The van der Waals surface area contributed by atoms with Gasteiger partial charge in [-0.05, 0) is 36.8 Å². The topological polar surface area (TPSA) is 32.3 Å². The number of amides is 1. The van der Waals surface area contributed by atoms with Gasteiger partial charge < -0.3 is 4.90 Å². The lowest BCUT2D eigenvalue weighted by atomic mass is 10.1. The van der Waals surface area contributed by atoms with Crippen LogP contribution in [-0.4, -0.2) is 29.6 Å². The number of thioether (sulfide) groups is 1. The average molecular weight is 292 g/mol. The Balaban J connectivity index is 2.20. The van der Waals surface area contributed by atoms with Crippen molar-refractivity contribution in [3.05, 3.63) is 29.8 Å². The normalized spacial score (nSPS) is 24.2. The lowest BCUT2D eigenvalue weighted by Gasteiger charge is -2.27. The van der Waals surface area contributed by atoms with Gasteiger partial charge in [0.05, 0.1) is 6.04 Å². The summed E-state index contributed by atoms with van der Waals surface area (Å²) in [6.07, 6.45) is 3.18. The minimum atomic E-state index is -0.0933. The lowest BCUT2D eigenvalue weighted by molar-refractivity contribution is -0.130. The Morgan fingerprint density at radius 1 is 1.35 bits per heavy atom. The van der Waals surface area contributed by atoms with Crippen molar-refractivity contribution in [2.24, 2.45) is 5.92 Å². The van der Waals surface area contributed by atoms with E-state index in [0.29, 0.717) is 5.92 Å². The molecule has 1 N–H and O–H groups in total. The van der Waals surface area contributed by atoms with Crippen molar-refractivity contribution in [1.29, 1.82) is 0 Å². The highest BCUT2D eigenvalue weighted by molar-refractivity contribution is 7.98. The van der Waals surface area contributed by atoms with Crippen molar-refractivity contribution < 1.29 is 4.79 Å². The van der Waals surface area contributed by atoms with E-state index >= 15 is 0 Å². The number of hydrogen-bond donors (Lipinski definition) is 1. The maximum atomic E-state index is 12.3. The number of hydrogen-bond acceptors (Lipinski definition) is 3. The van der Waals surface area contributed by atoms with Crippen molar-refractivity contribution in [1.82, 2.24) is 10.2 Å². The maximum Gasteiger partial charge on any atom is 0.241 e. The highest BCUT2D eigenvalue weighted by Gasteiger charge is 2.37. The first kappa shape index (κ1) is 15.4. The Labute approximate surface area is 126 Å². The van der Waals surface area contributed by atoms with Crippen LogP contribution < -0.4 is 5.32 Å². The van der Waals surface area contributed by atoms with Crippen molar-refractivity contribution in [3.63, 3.8) is 0 Å². The van der Waals surface area contributed by atoms with E-state index in [-0.39, 0.29) is 18.1 Å². The summed E-state index contributed by atoms with van der Waals surface area (Å²) in [6, 6.07) is 8.40. The summed E-state index contributed by atoms with van der Waals surface area (Å²) in [5.41, 5.74) is 1.17. The van der Waals surface area contributed by atoms with Crippen LogP contribution in [0, 0.1) is 5.92 Å². The van der Waals surface area contributed by atoms with Gasteiger partial charge in [0.2, 0.25) is 5.91 Å². The summed E-state index contributed by atoms with van der Waals surface area (Å²) in [6.45, 7) is 7.14. The van der Waals surface area contributed by atoms with Gasteiger partial charge in [-0.1, -0.05) is 32.4 Å². The van der Waals surface area contributed by atoms with E-state index in [4.69, 9.17) is 0 Å². The zero-order chi connectivity index (χ0) is 14.7. The van der Waals surface area contributed by atoms with Gasteiger partial charge in [0.25, 0.3) is 0 Å². The zero-order valence-electron chi connectivity index (χ0n) is 12.7. The van der Waals surface area contributed by atoms with Crippen LogP contribution in [0.3, 0.4) is 0 Å². The van der Waals surface area contributed by atoms with E-state index < -0.39 is 0 Å². The molecule has 0 aromatic heterocycles. The standard InChI is InChI=1S/C16H24N2OS/c1-5-11(2)10-18-15(17-12(3)16(18)19)13-6-8-14(20-4)9-7-13/h6-9,11-12,15,17H,5,10H2,1-4H3. The minimum Gasteiger partial charge on any atom is -0.321 e. The summed E-state index contributed by atoms with van der Waals surface area (Å²) < 4.78 is 0. The minimum absolute atomic E-state index is 0.0161. The van der Waals surface area contributed by atoms with Crippen molar-refractivity contribution in [3.8, 4) is 0 Å². The molecule has 1 amide bonds. The largest absolute Gasteiger partial charge is 0.321 e. The number of nitrogens with one attached hydrogen (secondary N) is 1. The van der Waals surface area contributed by atoms with Crippen molar-refractivity contribution in [2.75, 3.05) is 12.8 Å². The molecule has 1 saturated heterocycles. The van der Waals surface area contributed by atoms with E-state index in [1.807, 2.05) is 11.8 Å². The molecule has 1 heterocycles. The fraction of sp³-hybridized carbons (Fsp3) is 0.562. The maximum absolute atomic E-state index is 12.3. The summed E-state index contributed by atoms with van der Waals surface area (Å²) in [5.74, 6) is 0.739. The van der Waals surface area contributed by atoms with E-state index in [0.717, 1.165) is 13.0 Å². The molecule has 0 spiro atoms. The van der Waals surface area contributed by atoms with Gasteiger partial charge in [-0.3, -0.25) is 10.1 Å². The monoisotopic (exact) mass is 292 g/mol. The average Bonchev–Trinajstić information content (AvgIpc) is 2.75. The Morgan fingerprint density at radius 2 is 2.00 bits per heavy atom. The highest BCUT2D eigenvalue weighted by atomic mass is 32.2. The van der Waals surface area contributed by atoms with Crippen LogP contribution >= 0.6 is 11.8 Å². The zero-order valence-corrected chi connectivity index (χ0v) is 13.5. The third kappa shape index (κ3) is 3.18. The second-order valence-electron chi connectivity index (χ2n) is 5.57. The molecule has 0 radical (unpaired) electrons. The third-order valence-corrected chi connectivity index (χ3v) is 4.75. The first-order valence-electron chi connectivity index (χ1n) is 7.27. The van der Waals surface area contributed by atoms with E-state index in [1.54, 1.807) is 11.8 Å². The molecular formula is C16H24N2OS. The van der Waals surface area contributed by atoms with Crippen LogP contribution in [0.25, 0.3) is 0 Å². The van der Waals surface area contributed by atoms with Crippen LogP contribution in [0.2, 0.25) is 0 Å². The summed E-state index contributed by atoms with van der Waals surface area (Å²) in [7, 11) is 0. The molecule has 2 rings (SSSR count). The van der Waals surface area contributed by atoms with Crippen LogP contribution in [0.1, 0.15) is 38.9 Å². The molecule has 1 aromatic rings. The Hall–Kier alpha value is -1.00. The SMILES string of the molecule is CCC(C)CN1C(=O)C(C)NC1c1ccc(SC)cc1. The molecule has 20 heavy (non-hydrogen) atoms.